The third kappa shape index (κ3) is 3.56. The van der Waals surface area contributed by atoms with E-state index < -0.39 is 0 Å². The number of rotatable bonds is 4. The highest BCUT2D eigenvalue weighted by molar-refractivity contribution is 9.10. The summed E-state index contributed by atoms with van der Waals surface area (Å²) in [7, 11) is 0. The normalized spacial score (nSPS) is 17.8. The maximum absolute atomic E-state index is 12.2. The number of nitrogens with zero attached hydrogens (tertiary/aromatic N) is 1. The molecule has 2 heterocycles. The van der Waals surface area contributed by atoms with Crippen LogP contribution >= 0.6 is 27.3 Å². The molecule has 1 fully saturated rings. The van der Waals surface area contributed by atoms with E-state index in [1.54, 1.807) is 11.3 Å². The molecule has 1 N–H and O–H groups in total. The summed E-state index contributed by atoms with van der Waals surface area (Å²) < 4.78 is 1.12. The summed E-state index contributed by atoms with van der Waals surface area (Å²) in [5.41, 5.74) is 0. The average molecular weight is 331 g/mol. The lowest BCUT2D eigenvalue weighted by atomic mass is 10.1. The van der Waals surface area contributed by atoms with Crippen molar-refractivity contribution in [1.82, 2.24) is 10.2 Å². The highest BCUT2D eigenvalue weighted by atomic mass is 79.9. The fourth-order valence-electron chi connectivity index (χ4n) is 2.17. The predicted octanol–water partition coefficient (Wildman–Crippen LogP) is 3.00. The third-order valence-electron chi connectivity index (χ3n) is 3.30. The van der Waals surface area contributed by atoms with Crippen LogP contribution in [0.2, 0.25) is 0 Å². The van der Waals surface area contributed by atoms with Crippen molar-refractivity contribution in [1.29, 1.82) is 0 Å². The van der Waals surface area contributed by atoms with Crippen molar-refractivity contribution in [2.75, 3.05) is 13.1 Å². The summed E-state index contributed by atoms with van der Waals surface area (Å²) in [5.74, 6) is 0.238. The van der Waals surface area contributed by atoms with Crippen molar-refractivity contribution in [3.05, 3.63) is 20.8 Å². The van der Waals surface area contributed by atoms with Gasteiger partial charge in [0.05, 0.1) is 6.04 Å². The van der Waals surface area contributed by atoms with Crippen molar-refractivity contribution in [2.24, 2.45) is 0 Å². The van der Waals surface area contributed by atoms with Crippen LogP contribution < -0.4 is 5.32 Å². The van der Waals surface area contributed by atoms with Gasteiger partial charge in [0.1, 0.15) is 0 Å². The second kappa shape index (κ2) is 6.68. The SMILES string of the molecule is CC(NCc1sccc1Br)C(=O)N1CCCCC1. The number of likely N-dealkylation sites (tertiary alicyclic amines) is 1. The summed E-state index contributed by atoms with van der Waals surface area (Å²) in [5, 5.41) is 5.37. The molecule has 1 amide bonds. The first-order chi connectivity index (χ1) is 8.68. The fraction of sp³-hybridized carbons (Fsp3) is 0.615. The van der Waals surface area contributed by atoms with Gasteiger partial charge in [0.25, 0.3) is 0 Å². The average Bonchev–Trinajstić information content (AvgIpc) is 2.81. The first-order valence-electron chi connectivity index (χ1n) is 6.42. The molecule has 0 radical (unpaired) electrons. The van der Waals surface area contributed by atoms with Crippen molar-refractivity contribution in [2.45, 2.75) is 38.8 Å². The standard InChI is InChI=1S/C13H19BrN2OS/c1-10(13(17)16-6-3-2-4-7-16)15-9-12-11(14)5-8-18-12/h5,8,10,15H,2-4,6-7,9H2,1H3. The Kier molecular flexibility index (Phi) is 5.21. The van der Waals surface area contributed by atoms with E-state index in [2.05, 4.69) is 26.6 Å². The lowest BCUT2D eigenvalue weighted by Crippen LogP contribution is -2.46. The Bertz CT molecular complexity index is 401. The molecule has 1 saturated heterocycles. The molecule has 0 saturated carbocycles. The predicted molar refractivity (Wildman–Crippen MR) is 78.8 cm³/mol. The summed E-state index contributed by atoms with van der Waals surface area (Å²) in [4.78, 5) is 15.4. The monoisotopic (exact) mass is 330 g/mol. The molecular weight excluding hydrogens is 312 g/mol. The molecule has 1 atom stereocenters. The van der Waals surface area contributed by atoms with Crippen LogP contribution in [0.25, 0.3) is 0 Å². The number of carbonyl (C=O) groups excluding carboxylic acids is 1. The van der Waals surface area contributed by atoms with E-state index in [1.807, 2.05) is 17.9 Å². The zero-order valence-electron chi connectivity index (χ0n) is 10.6. The highest BCUT2D eigenvalue weighted by Crippen LogP contribution is 2.22. The number of amides is 1. The summed E-state index contributed by atoms with van der Waals surface area (Å²) >= 11 is 5.21. The molecule has 5 heteroatoms. The van der Waals surface area contributed by atoms with Gasteiger partial charge in [-0.15, -0.1) is 11.3 Å². The molecule has 1 aromatic heterocycles. The Hall–Kier alpha value is -0.390. The van der Waals surface area contributed by atoms with E-state index in [-0.39, 0.29) is 11.9 Å². The van der Waals surface area contributed by atoms with Crippen LogP contribution in [0.1, 0.15) is 31.1 Å². The van der Waals surface area contributed by atoms with Gasteiger partial charge in [-0.1, -0.05) is 0 Å². The molecule has 1 aliphatic heterocycles. The quantitative estimate of drug-likeness (QED) is 0.920. The summed E-state index contributed by atoms with van der Waals surface area (Å²) in [6.07, 6.45) is 3.55. The van der Waals surface area contributed by atoms with Crippen molar-refractivity contribution in [3.63, 3.8) is 0 Å². The van der Waals surface area contributed by atoms with Gasteiger partial charge >= 0.3 is 0 Å². The maximum Gasteiger partial charge on any atom is 0.239 e. The smallest absolute Gasteiger partial charge is 0.239 e. The molecular formula is C13H19BrN2OS. The lowest BCUT2D eigenvalue weighted by molar-refractivity contribution is -0.133. The molecule has 18 heavy (non-hydrogen) atoms. The maximum atomic E-state index is 12.2. The number of piperidine rings is 1. The molecule has 1 unspecified atom stereocenters. The van der Waals surface area contributed by atoms with Gasteiger partial charge in [0.15, 0.2) is 0 Å². The number of halogens is 1. The number of carbonyl (C=O) groups is 1. The Morgan fingerprint density at radius 1 is 1.50 bits per heavy atom. The molecule has 0 aromatic carbocycles. The van der Waals surface area contributed by atoms with Crippen molar-refractivity contribution < 1.29 is 4.79 Å². The summed E-state index contributed by atoms with van der Waals surface area (Å²) in [6, 6.07) is 1.94. The Morgan fingerprint density at radius 3 is 2.83 bits per heavy atom. The summed E-state index contributed by atoms with van der Waals surface area (Å²) in [6.45, 7) is 4.55. The van der Waals surface area contributed by atoms with E-state index in [9.17, 15) is 4.79 Å². The van der Waals surface area contributed by atoms with E-state index in [0.29, 0.717) is 0 Å². The van der Waals surface area contributed by atoms with E-state index in [0.717, 1.165) is 36.9 Å². The molecule has 1 aliphatic rings. The van der Waals surface area contributed by atoms with E-state index in [1.165, 1.54) is 11.3 Å². The van der Waals surface area contributed by atoms with Crippen LogP contribution in [0.3, 0.4) is 0 Å². The van der Waals surface area contributed by atoms with Gasteiger partial charge in [-0.3, -0.25) is 4.79 Å². The van der Waals surface area contributed by atoms with Gasteiger partial charge in [0.2, 0.25) is 5.91 Å². The van der Waals surface area contributed by atoms with Crippen molar-refractivity contribution >= 4 is 33.2 Å². The van der Waals surface area contributed by atoms with Crippen LogP contribution in [0.5, 0.6) is 0 Å². The van der Waals surface area contributed by atoms with Crippen molar-refractivity contribution in [3.8, 4) is 0 Å². The molecule has 100 valence electrons. The molecule has 0 aliphatic carbocycles. The Labute approximate surface area is 121 Å². The third-order valence-corrected chi connectivity index (χ3v) is 5.22. The Morgan fingerprint density at radius 2 is 2.22 bits per heavy atom. The van der Waals surface area contributed by atoms with E-state index >= 15 is 0 Å². The molecule has 3 nitrogen and oxygen atoms in total. The second-order valence-electron chi connectivity index (χ2n) is 4.68. The topological polar surface area (TPSA) is 32.3 Å². The van der Waals surface area contributed by atoms with Gasteiger partial charge in [-0.05, 0) is 53.6 Å². The molecule has 1 aromatic rings. The minimum atomic E-state index is -0.0999. The largest absolute Gasteiger partial charge is 0.341 e. The number of nitrogens with one attached hydrogen (secondary N) is 1. The lowest BCUT2D eigenvalue weighted by Gasteiger charge is -2.29. The number of thiophene rings is 1. The van der Waals surface area contributed by atoms with E-state index in [4.69, 9.17) is 0 Å². The van der Waals surface area contributed by atoms with Crippen LogP contribution in [-0.4, -0.2) is 29.9 Å². The minimum absolute atomic E-state index is 0.0999. The zero-order valence-corrected chi connectivity index (χ0v) is 13.0. The van der Waals surface area contributed by atoms with Crippen LogP contribution in [0.4, 0.5) is 0 Å². The zero-order chi connectivity index (χ0) is 13.0. The van der Waals surface area contributed by atoms with Gasteiger partial charge < -0.3 is 10.2 Å². The molecule has 2 rings (SSSR count). The van der Waals surface area contributed by atoms with Gasteiger partial charge in [-0.2, -0.15) is 0 Å². The molecule has 0 bridgehead atoms. The first kappa shape index (κ1) is 14.0. The van der Waals surface area contributed by atoms with Gasteiger partial charge in [0, 0.05) is 29.0 Å². The Balaban J connectivity index is 1.82. The van der Waals surface area contributed by atoms with Crippen LogP contribution in [-0.2, 0) is 11.3 Å². The fourth-order valence-corrected chi connectivity index (χ4v) is 3.62. The minimum Gasteiger partial charge on any atom is -0.341 e. The number of hydrogen-bond donors (Lipinski definition) is 1. The highest BCUT2D eigenvalue weighted by Gasteiger charge is 2.21. The first-order valence-corrected chi connectivity index (χ1v) is 8.10. The van der Waals surface area contributed by atoms with Crippen LogP contribution in [0.15, 0.2) is 15.9 Å². The molecule has 0 spiro atoms. The number of hydrogen-bond acceptors (Lipinski definition) is 3. The second-order valence-corrected chi connectivity index (χ2v) is 6.54. The van der Waals surface area contributed by atoms with Gasteiger partial charge in [-0.25, -0.2) is 0 Å². The van der Waals surface area contributed by atoms with Crippen LogP contribution in [0, 0.1) is 0 Å².